The monoisotopic (exact) mass is 141 g/mol. The highest BCUT2D eigenvalue weighted by Crippen LogP contribution is 2.22. The van der Waals surface area contributed by atoms with Crippen molar-refractivity contribution in [2.75, 3.05) is 7.05 Å². The summed E-state index contributed by atoms with van der Waals surface area (Å²) in [5, 5.41) is 9.28. The van der Waals surface area contributed by atoms with E-state index in [0.29, 0.717) is 5.92 Å². The summed E-state index contributed by atoms with van der Waals surface area (Å²) in [7, 11) is 1.98. The van der Waals surface area contributed by atoms with Crippen LogP contribution in [0.5, 0.6) is 0 Å². The average Bonchev–Trinajstić information content (AvgIpc) is 2.15. The lowest BCUT2D eigenvalue weighted by Gasteiger charge is -2.35. The van der Waals surface area contributed by atoms with Crippen LogP contribution in [0.4, 0.5) is 0 Å². The Kier molecular flexibility index (Phi) is 1.58. The first kappa shape index (κ1) is 7.38. The lowest BCUT2D eigenvalue weighted by Crippen LogP contribution is -2.51. The van der Waals surface area contributed by atoms with Crippen LogP contribution in [0, 0.1) is 5.92 Å². The molecule has 10 heavy (non-hydrogen) atoms. The van der Waals surface area contributed by atoms with E-state index in [-0.39, 0.29) is 5.66 Å². The molecular weight excluding hydrogens is 126 g/mol. The van der Waals surface area contributed by atoms with E-state index in [1.54, 1.807) is 6.34 Å². The molecule has 0 aliphatic carbocycles. The SMILES string of the molecule is CC(C)C1(C)NC=NN1C. The molecule has 1 aliphatic heterocycles. The summed E-state index contributed by atoms with van der Waals surface area (Å²) in [6, 6.07) is 0. The number of rotatable bonds is 1. The third kappa shape index (κ3) is 0.856. The summed E-state index contributed by atoms with van der Waals surface area (Å²) in [6.07, 6.45) is 1.75. The van der Waals surface area contributed by atoms with Crippen molar-refractivity contribution in [3.63, 3.8) is 0 Å². The van der Waals surface area contributed by atoms with Crippen molar-refractivity contribution in [3.05, 3.63) is 0 Å². The van der Waals surface area contributed by atoms with Gasteiger partial charge in [0, 0.05) is 7.05 Å². The zero-order chi connectivity index (χ0) is 7.78. The number of hydrogen-bond donors (Lipinski definition) is 1. The summed E-state index contributed by atoms with van der Waals surface area (Å²) in [5.41, 5.74) is 0.0139. The van der Waals surface area contributed by atoms with Gasteiger partial charge in [0.2, 0.25) is 0 Å². The number of hydrazone groups is 1. The molecule has 1 N–H and O–H groups in total. The quantitative estimate of drug-likeness (QED) is 0.586. The minimum absolute atomic E-state index is 0.0139. The highest BCUT2D eigenvalue weighted by atomic mass is 15.6. The Bertz CT molecular complexity index is 153. The normalized spacial score (nSPS) is 31.5. The minimum atomic E-state index is 0.0139. The molecule has 0 aromatic carbocycles. The Morgan fingerprint density at radius 3 is 2.40 bits per heavy atom. The molecule has 0 spiro atoms. The van der Waals surface area contributed by atoms with Crippen molar-refractivity contribution in [2.24, 2.45) is 11.0 Å². The van der Waals surface area contributed by atoms with E-state index >= 15 is 0 Å². The first-order chi connectivity index (χ1) is 4.57. The molecule has 3 nitrogen and oxygen atoms in total. The fourth-order valence-corrected chi connectivity index (χ4v) is 1.000. The molecule has 1 rings (SSSR count). The van der Waals surface area contributed by atoms with E-state index in [2.05, 4.69) is 31.2 Å². The Labute approximate surface area is 62.1 Å². The molecule has 0 fully saturated rings. The molecule has 0 aromatic rings. The van der Waals surface area contributed by atoms with E-state index < -0.39 is 0 Å². The van der Waals surface area contributed by atoms with Gasteiger partial charge >= 0.3 is 0 Å². The molecule has 3 heteroatoms. The number of nitrogens with one attached hydrogen (secondary N) is 1. The standard InChI is InChI=1S/C7H15N3/c1-6(2)7(3)8-5-9-10(7)4/h5-6H,1-4H3,(H,8,9). The Morgan fingerprint density at radius 1 is 1.60 bits per heavy atom. The summed E-state index contributed by atoms with van der Waals surface area (Å²) < 4.78 is 0. The molecule has 0 saturated carbocycles. The Balaban J connectivity index is 2.71. The largest absolute Gasteiger partial charge is 0.351 e. The average molecular weight is 141 g/mol. The van der Waals surface area contributed by atoms with E-state index in [9.17, 15) is 0 Å². The van der Waals surface area contributed by atoms with Crippen molar-refractivity contribution >= 4 is 6.34 Å². The lowest BCUT2D eigenvalue weighted by molar-refractivity contribution is 0.0977. The van der Waals surface area contributed by atoms with Gasteiger partial charge in [-0.3, -0.25) is 5.01 Å². The molecule has 0 saturated heterocycles. The summed E-state index contributed by atoms with van der Waals surface area (Å²) in [6.45, 7) is 6.50. The Hall–Kier alpha value is -0.730. The lowest BCUT2D eigenvalue weighted by atomic mass is 9.98. The van der Waals surface area contributed by atoms with Crippen LogP contribution in [0.2, 0.25) is 0 Å². The van der Waals surface area contributed by atoms with Gasteiger partial charge in [0.25, 0.3) is 0 Å². The van der Waals surface area contributed by atoms with Crippen LogP contribution in [0.3, 0.4) is 0 Å². The molecule has 0 amide bonds. The minimum Gasteiger partial charge on any atom is -0.351 e. The van der Waals surface area contributed by atoms with Crippen molar-refractivity contribution in [2.45, 2.75) is 26.4 Å². The summed E-state index contributed by atoms with van der Waals surface area (Å²) in [4.78, 5) is 0. The van der Waals surface area contributed by atoms with Crippen molar-refractivity contribution < 1.29 is 0 Å². The van der Waals surface area contributed by atoms with Gasteiger partial charge in [-0.05, 0) is 12.8 Å². The van der Waals surface area contributed by atoms with Gasteiger partial charge in [-0.1, -0.05) is 13.8 Å². The highest BCUT2D eigenvalue weighted by Gasteiger charge is 2.34. The van der Waals surface area contributed by atoms with Crippen LogP contribution < -0.4 is 5.32 Å². The molecule has 1 atom stereocenters. The molecule has 0 aromatic heterocycles. The third-order valence-electron chi connectivity index (χ3n) is 2.38. The molecule has 1 aliphatic rings. The first-order valence-corrected chi connectivity index (χ1v) is 3.61. The zero-order valence-electron chi connectivity index (χ0n) is 7.05. The smallest absolute Gasteiger partial charge is 0.126 e. The second kappa shape index (κ2) is 2.15. The number of hydrogen-bond acceptors (Lipinski definition) is 3. The van der Waals surface area contributed by atoms with Crippen molar-refractivity contribution in [3.8, 4) is 0 Å². The first-order valence-electron chi connectivity index (χ1n) is 3.61. The van der Waals surface area contributed by atoms with Crippen LogP contribution >= 0.6 is 0 Å². The van der Waals surface area contributed by atoms with Crippen LogP contribution in [-0.2, 0) is 0 Å². The fourth-order valence-electron chi connectivity index (χ4n) is 1.000. The second-order valence-corrected chi connectivity index (χ2v) is 3.21. The van der Waals surface area contributed by atoms with E-state index in [1.165, 1.54) is 0 Å². The van der Waals surface area contributed by atoms with E-state index in [4.69, 9.17) is 0 Å². The van der Waals surface area contributed by atoms with Gasteiger partial charge < -0.3 is 5.32 Å². The van der Waals surface area contributed by atoms with Crippen molar-refractivity contribution in [1.29, 1.82) is 0 Å². The third-order valence-corrected chi connectivity index (χ3v) is 2.38. The maximum Gasteiger partial charge on any atom is 0.126 e. The topological polar surface area (TPSA) is 27.6 Å². The van der Waals surface area contributed by atoms with Crippen molar-refractivity contribution in [1.82, 2.24) is 10.3 Å². The molecule has 0 bridgehead atoms. The molecule has 1 heterocycles. The molecular formula is C7H15N3. The second-order valence-electron chi connectivity index (χ2n) is 3.21. The predicted molar refractivity (Wildman–Crippen MR) is 42.6 cm³/mol. The fraction of sp³-hybridized carbons (Fsp3) is 0.857. The van der Waals surface area contributed by atoms with Crippen LogP contribution in [-0.4, -0.2) is 24.1 Å². The molecule has 1 unspecified atom stereocenters. The van der Waals surface area contributed by atoms with Gasteiger partial charge in [0.1, 0.15) is 12.0 Å². The highest BCUT2D eigenvalue weighted by molar-refractivity contribution is 5.57. The summed E-state index contributed by atoms with van der Waals surface area (Å²) >= 11 is 0. The van der Waals surface area contributed by atoms with Crippen LogP contribution in [0.25, 0.3) is 0 Å². The van der Waals surface area contributed by atoms with E-state index in [1.807, 2.05) is 12.1 Å². The zero-order valence-corrected chi connectivity index (χ0v) is 7.05. The molecule has 0 radical (unpaired) electrons. The maximum absolute atomic E-state index is 4.11. The van der Waals surface area contributed by atoms with Gasteiger partial charge in [-0.2, -0.15) is 5.10 Å². The number of nitrogens with zero attached hydrogens (tertiary/aromatic N) is 2. The van der Waals surface area contributed by atoms with Gasteiger partial charge in [0.05, 0.1) is 0 Å². The van der Waals surface area contributed by atoms with Crippen LogP contribution in [0.15, 0.2) is 5.10 Å². The van der Waals surface area contributed by atoms with E-state index in [0.717, 1.165) is 0 Å². The maximum atomic E-state index is 4.11. The predicted octanol–water partition coefficient (Wildman–Crippen LogP) is 0.837. The summed E-state index contributed by atoms with van der Waals surface area (Å²) in [5.74, 6) is 0.556. The van der Waals surface area contributed by atoms with Gasteiger partial charge in [-0.15, -0.1) is 0 Å². The van der Waals surface area contributed by atoms with Crippen LogP contribution in [0.1, 0.15) is 20.8 Å². The van der Waals surface area contributed by atoms with Gasteiger partial charge in [0.15, 0.2) is 0 Å². The molecule has 58 valence electrons. The Morgan fingerprint density at radius 2 is 2.20 bits per heavy atom. The van der Waals surface area contributed by atoms with Gasteiger partial charge in [-0.25, -0.2) is 0 Å².